The Morgan fingerprint density at radius 1 is 0.533 bits per heavy atom. The zero-order valence-electron chi connectivity index (χ0n) is 7.64. The summed E-state index contributed by atoms with van der Waals surface area (Å²) < 4.78 is 0. The molecule has 0 heterocycles. The van der Waals surface area contributed by atoms with Crippen LogP contribution in [0.1, 0.15) is 0 Å². The van der Waals surface area contributed by atoms with Gasteiger partial charge in [-0.05, 0) is 0 Å². The number of rotatable bonds is 0. The van der Waals surface area contributed by atoms with E-state index < -0.39 is 22.0 Å². The molecular formula is H3B3Ca3O9. The van der Waals surface area contributed by atoms with E-state index in [-0.39, 0.29) is 113 Å². The second-order valence-electron chi connectivity index (χ2n) is 0.924. The first-order valence-corrected chi connectivity index (χ1v) is 2.19. The molecule has 0 atom stereocenters. The smallest absolute Gasteiger partial charge is 0.907 e. The molecule has 0 aliphatic heterocycles. The van der Waals surface area contributed by atoms with Crippen molar-refractivity contribution in [1.29, 1.82) is 0 Å². The molecule has 0 bridgehead atoms. The fraction of sp³-hybridized carbons (Fsp3) is 0. The fourth-order valence-electron chi connectivity index (χ4n) is 0. The Bertz CT molecular complexity index is 49.1. The van der Waals surface area contributed by atoms with Gasteiger partial charge in [0, 0.05) is 0 Å². The number of hydrogen-bond donors (Lipinski definition) is 3. The maximum absolute atomic E-state index is 8.42. The molecule has 0 spiro atoms. The molecule has 0 aromatic carbocycles. The first-order valence-electron chi connectivity index (χ1n) is 2.19. The minimum absolute atomic E-state index is 0. The maximum Gasteiger partial charge on any atom is 2.00 e. The Morgan fingerprint density at radius 2 is 0.533 bits per heavy atom. The molecule has 0 aliphatic rings. The van der Waals surface area contributed by atoms with Crippen LogP contribution in [0.15, 0.2) is 0 Å². The zero-order chi connectivity index (χ0) is 10.7. The van der Waals surface area contributed by atoms with Crippen molar-refractivity contribution in [3.8, 4) is 0 Å². The van der Waals surface area contributed by atoms with Crippen LogP contribution in [0.5, 0.6) is 0 Å². The Labute approximate surface area is 177 Å². The molecule has 3 N–H and O–H groups in total. The van der Waals surface area contributed by atoms with Gasteiger partial charge in [-0.15, -0.1) is 0 Å². The van der Waals surface area contributed by atoms with Crippen LogP contribution in [0, 0.1) is 0 Å². The van der Waals surface area contributed by atoms with Gasteiger partial charge >= 0.3 is 121 Å². The summed E-state index contributed by atoms with van der Waals surface area (Å²) >= 11 is 0. The molecule has 0 aliphatic carbocycles. The summed E-state index contributed by atoms with van der Waals surface area (Å²) in [6, 6.07) is 0. The molecule has 9 nitrogen and oxygen atoms in total. The number of hydrogen-bond acceptors (Lipinski definition) is 9. The Kier molecular flexibility index (Phi) is 73.9. The van der Waals surface area contributed by atoms with Crippen molar-refractivity contribution in [1.82, 2.24) is 0 Å². The first-order chi connectivity index (χ1) is 5.20. The van der Waals surface area contributed by atoms with Gasteiger partial charge in [-0.1, -0.05) is 0 Å². The normalized spacial score (nSPS) is 5.40. The van der Waals surface area contributed by atoms with Gasteiger partial charge in [0.05, 0.1) is 0 Å². The third-order valence-electron chi connectivity index (χ3n) is 0. The third kappa shape index (κ3) is 329. The summed E-state index contributed by atoms with van der Waals surface area (Å²) in [7, 11) is -8.00. The van der Waals surface area contributed by atoms with E-state index in [1.165, 1.54) is 0 Å². The molecule has 72 valence electrons. The van der Waals surface area contributed by atoms with Crippen LogP contribution in [0.2, 0.25) is 0 Å². The summed E-state index contributed by atoms with van der Waals surface area (Å²) in [5, 5.41) is 72.0. The first kappa shape index (κ1) is 36.3. The predicted octanol–water partition coefficient (Wildman–Crippen LogP) is -11.1. The van der Waals surface area contributed by atoms with Crippen molar-refractivity contribution in [2.45, 2.75) is 0 Å². The molecule has 0 aromatic heterocycles. The van der Waals surface area contributed by atoms with Crippen LogP contribution in [0.3, 0.4) is 0 Å². The zero-order valence-corrected chi connectivity index (χ0v) is 14.3. The van der Waals surface area contributed by atoms with E-state index in [1.807, 2.05) is 0 Å². The van der Waals surface area contributed by atoms with Crippen LogP contribution >= 0.6 is 0 Å². The molecule has 0 aromatic rings. The van der Waals surface area contributed by atoms with Gasteiger partial charge in [-0.3, -0.25) is 14.6 Å². The van der Waals surface area contributed by atoms with Crippen molar-refractivity contribution in [3.63, 3.8) is 0 Å². The van der Waals surface area contributed by atoms with Crippen molar-refractivity contribution < 1.29 is 45.2 Å². The Hall–Kier alpha value is 3.61. The second kappa shape index (κ2) is 30.6. The average molecular weight is 300 g/mol. The van der Waals surface area contributed by atoms with Gasteiger partial charge in [0.2, 0.25) is 0 Å². The van der Waals surface area contributed by atoms with E-state index in [2.05, 4.69) is 0 Å². The molecule has 15 heteroatoms. The van der Waals surface area contributed by atoms with Gasteiger partial charge in [-0.2, -0.15) is 0 Å². The van der Waals surface area contributed by atoms with Gasteiger partial charge in [-0.25, -0.2) is 0 Å². The van der Waals surface area contributed by atoms with Crippen molar-refractivity contribution >= 4 is 135 Å². The van der Waals surface area contributed by atoms with Crippen LogP contribution < -0.4 is 30.1 Å². The summed E-state index contributed by atoms with van der Waals surface area (Å²) in [4.78, 5) is 0. The molecule has 15 heavy (non-hydrogen) atoms. The molecule has 0 radical (unpaired) electrons. The standard InChI is InChI=1S/BH3O3.2BO3.3Ca/c3*2-1(3)4;;;/h2-4H;;;;;/q;2*-3;3*+2. The molecular weight excluding hydrogens is 297 g/mol. The van der Waals surface area contributed by atoms with Crippen molar-refractivity contribution in [3.05, 3.63) is 0 Å². The van der Waals surface area contributed by atoms with Crippen LogP contribution in [0.25, 0.3) is 0 Å². The minimum atomic E-state index is -2.92. The van der Waals surface area contributed by atoms with E-state index >= 15 is 0 Å². The van der Waals surface area contributed by atoms with E-state index in [9.17, 15) is 0 Å². The molecule has 0 amide bonds. The minimum Gasteiger partial charge on any atom is -0.907 e. The van der Waals surface area contributed by atoms with Gasteiger partial charge < -0.3 is 45.2 Å². The third-order valence-corrected chi connectivity index (χ3v) is 0. The van der Waals surface area contributed by atoms with E-state index in [4.69, 9.17) is 45.2 Å². The maximum atomic E-state index is 8.42. The van der Waals surface area contributed by atoms with Crippen LogP contribution in [0.4, 0.5) is 0 Å². The molecule has 0 saturated heterocycles. The predicted molar refractivity (Wildman–Crippen MR) is 41.2 cm³/mol. The van der Waals surface area contributed by atoms with Crippen LogP contribution in [-0.2, 0) is 0 Å². The second-order valence-corrected chi connectivity index (χ2v) is 0.924. The fourth-order valence-corrected chi connectivity index (χ4v) is 0. The summed E-state index contributed by atoms with van der Waals surface area (Å²) in [5.41, 5.74) is 0. The average Bonchev–Trinajstić information content (AvgIpc) is 1.54. The molecule has 0 rings (SSSR count). The van der Waals surface area contributed by atoms with Crippen molar-refractivity contribution in [2.75, 3.05) is 0 Å². The molecule has 0 fully saturated rings. The van der Waals surface area contributed by atoms with Gasteiger partial charge in [0.1, 0.15) is 0 Å². The van der Waals surface area contributed by atoms with Crippen molar-refractivity contribution in [2.24, 2.45) is 0 Å². The van der Waals surface area contributed by atoms with Gasteiger partial charge in [0.15, 0.2) is 0 Å². The topological polar surface area (TPSA) is 199 Å². The molecule has 0 unspecified atom stereocenters. The van der Waals surface area contributed by atoms with Crippen LogP contribution in [-0.4, -0.2) is 150 Å². The summed E-state index contributed by atoms with van der Waals surface area (Å²) in [6.45, 7) is 0. The summed E-state index contributed by atoms with van der Waals surface area (Å²) in [5.74, 6) is 0. The quantitative estimate of drug-likeness (QED) is 0.363. The van der Waals surface area contributed by atoms with E-state index in [0.29, 0.717) is 0 Å². The Balaban J connectivity index is -0.0000000184. The monoisotopic (exact) mass is 300 g/mol. The summed E-state index contributed by atoms with van der Waals surface area (Å²) in [6.07, 6.45) is 0. The van der Waals surface area contributed by atoms with E-state index in [0.717, 1.165) is 0 Å². The Morgan fingerprint density at radius 3 is 0.533 bits per heavy atom. The SMILES string of the molecule is OB(O)O.[Ca+2].[Ca+2].[Ca+2].[O-]B([O-])[O-].[O-]B([O-])[O-]. The molecule has 0 saturated carbocycles. The van der Waals surface area contributed by atoms with Gasteiger partial charge in [0.25, 0.3) is 0 Å². The van der Waals surface area contributed by atoms with E-state index in [1.54, 1.807) is 0 Å². The largest absolute Gasteiger partial charge is 2.00 e.